The average molecular weight is 360 g/mol. The summed E-state index contributed by atoms with van der Waals surface area (Å²) in [7, 11) is 3.72. The maximum Gasteiger partial charge on any atom is 0.181 e. The molecular weight excluding hydrogens is 334 g/mol. The Kier molecular flexibility index (Phi) is 8.77. The van der Waals surface area contributed by atoms with Gasteiger partial charge in [-0.2, -0.15) is 0 Å². The number of rotatable bonds is 10. The first kappa shape index (κ1) is 19.6. The second-order valence-electron chi connectivity index (χ2n) is 5.10. The number of hydrogen-bond acceptors (Lipinski definition) is 6. The lowest BCUT2D eigenvalue weighted by molar-refractivity contribution is 0.444. The first-order valence-electron chi connectivity index (χ1n) is 7.25. The van der Waals surface area contributed by atoms with Crippen molar-refractivity contribution in [3.05, 3.63) is 17.8 Å². The van der Waals surface area contributed by atoms with Crippen LogP contribution in [-0.2, 0) is 13.1 Å². The summed E-state index contributed by atoms with van der Waals surface area (Å²) in [5, 5.41) is 7.34. The fourth-order valence-electron chi connectivity index (χ4n) is 1.70. The molecule has 1 aromatic heterocycles. The van der Waals surface area contributed by atoms with Gasteiger partial charge in [0.2, 0.25) is 0 Å². The van der Waals surface area contributed by atoms with Gasteiger partial charge in [0.15, 0.2) is 16.6 Å². The minimum absolute atomic E-state index is 0.387. The van der Waals surface area contributed by atoms with Gasteiger partial charge >= 0.3 is 0 Å². The number of aromatic nitrogens is 1. The van der Waals surface area contributed by atoms with Crippen LogP contribution in [0.2, 0.25) is 0 Å². The molecule has 0 spiro atoms. The van der Waals surface area contributed by atoms with Crippen LogP contribution in [0.3, 0.4) is 0 Å². The van der Waals surface area contributed by atoms with Crippen molar-refractivity contribution in [3.63, 3.8) is 0 Å². The molecule has 23 heavy (non-hydrogen) atoms. The van der Waals surface area contributed by atoms with Gasteiger partial charge in [-0.3, -0.25) is 0 Å². The third-order valence-electron chi connectivity index (χ3n) is 3.30. The molecule has 0 saturated carbocycles. The van der Waals surface area contributed by atoms with E-state index >= 15 is 0 Å². The Bertz CT molecular complexity index is 466. The molecule has 0 aliphatic heterocycles. The van der Waals surface area contributed by atoms with E-state index in [1.54, 1.807) is 0 Å². The van der Waals surface area contributed by atoms with Crippen molar-refractivity contribution < 1.29 is 4.42 Å². The normalized spacial score (nSPS) is 10.5. The van der Waals surface area contributed by atoms with Gasteiger partial charge in [0.05, 0.1) is 12.2 Å². The third-order valence-corrected chi connectivity index (χ3v) is 3.93. The van der Waals surface area contributed by atoms with Gasteiger partial charge in [-0.25, -0.2) is 4.98 Å². The van der Waals surface area contributed by atoms with E-state index in [-0.39, 0.29) is 0 Å². The summed E-state index contributed by atoms with van der Waals surface area (Å²) < 4.78 is 5.41. The summed E-state index contributed by atoms with van der Waals surface area (Å²) in [6.45, 7) is 4.22. The molecule has 0 unspecified atom stereocenters. The van der Waals surface area contributed by atoms with Crippen molar-refractivity contribution >= 4 is 34.7 Å². The monoisotopic (exact) mass is 359 g/mol. The standard InChI is InChI=1S/C13H25N7OS2/c1-19(12(14)22)5-3-16-7-10-11(21-9-18-10)8-17-4-6-20(2)13(15)23/h9,16-17H,3-8H2,1-2H3,(H2,14,22)(H2,15,23). The van der Waals surface area contributed by atoms with E-state index in [2.05, 4.69) is 15.6 Å². The average Bonchev–Trinajstić information content (AvgIpc) is 2.94. The van der Waals surface area contributed by atoms with Crippen LogP contribution in [0.25, 0.3) is 0 Å². The van der Waals surface area contributed by atoms with Gasteiger partial charge in [-0.15, -0.1) is 0 Å². The highest BCUT2D eigenvalue weighted by molar-refractivity contribution is 7.80. The summed E-state index contributed by atoms with van der Waals surface area (Å²) in [6.07, 6.45) is 1.45. The highest BCUT2D eigenvalue weighted by Crippen LogP contribution is 2.05. The van der Waals surface area contributed by atoms with Crippen LogP contribution in [0.15, 0.2) is 10.8 Å². The molecule has 1 aromatic rings. The zero-order chi connectivity index (χ0) is 17.2. The number of nitrogens with zero attached hydrogens (tertiary/aromatic N) is 3. The van der Waals surface area contributed by atoms with E-state index in [0.717, 1.165) is 37.6 Å². The molecule has 0 fully saturated rings. The summed E-state index contributed by atoms with van der Waals surface area (Å²) in [5.74, 6) is 0.818. The second-order valence-corrected chi connectivity index (χ2v) is 5.93. The van der Waals surface area contributed by atoms with Crippen LogP contribution < -0.4 is 22.1 Å². The van der Waals surface area contributed by atoms with Crippen LogP contribution >= 0.6 is 24.4 Å². The number of nitrogens with two attached hydrogens (primary N) is 2. The molecule has 0 aliphatic carbocycles. The third kappa shape index (κ3) is 7.55. The molecule has 0 aliphatic rings. The van der Waals surface area contributed by atoms with Crippen molar-refractivity contribution in [2.75, 3.05) is 40.3 Å². The van der Waals surface area contributed by atoms with Crippen LogP contribution in [-0.4, -0.2) is 65.3 Å². The minimum atomic E-state index is 0.387. The van der Waals surface area contributed by atoms with Gasteiger partial charge in [-0.1, -0.05) is 0 Å². The summed E-state index contributed by atoms with van der Waals surface area (Å²) in [5.41, 5.74) is 11.9. The first-order valence-corrected chi connectivity index (χ1v) is 8.07. The predicted molar refractivity (Wildman–Crippen MR) is 98.7 cm³/mol. The van der Waals surface area contributed by atoms with Gasteiger partial charge in [0, 0.05) is 46.8 Å². The predicted octanol–water partition coefficient (Wildman–Crippen LogP) is -0.795. The lowest BCUT2D eigenvalue weighted by Gasteiger charge is -2.17. The Balaban J connectivity index is 2.25. The van der Waals surface area contributed by atoms with E-state index in [1.807, 2.05) is 23.9 Å². The fourth-order valence-corrected chi connectivity index (χ4v) is 1.89. The second kappa shape index (κ2) is 10.3. The number of likely N-dealkylation sites (N-methyl/N-ethyl adjacent to an activating group) is 2. The SMILES string of the molecule is CN(CCNCc1ncoc1CNCCN(C)C(N)=S)C(N)=S. The Morgan fingerprint density at radius 2 is 1.61 bits per heavy atom. The van der Waals surface area contributed by atoms with E-state index < -0.39 is 0 Å². The Hall–Kier alpha value is -1.49. The van der Waals surface area contributed by atoms with Gasteiger partial charge in [-0.05, 0) is 24.4 Å². The van der Waals surface area contributed by atoms with E-state index in [9.17, 15) is 0 Å². The molecule has 0 aromatic carbocycles. The largest absolute Gasteiger partial charge is 0.447 e. The van der Waals surface area contributed by atoms with E-state index in [0.29, 0.717) is 23.3 Å². The summed E-state index contributed by atoms with van der Waals surface area (Å²) >= 11 is 9.76. The molecule has 0 saturated heterocycles. The fraction of sp³-hybridized carbons (Fsp3) is 0.615. The summed E-state index contributed by atoms with van der Waals surface area (Å²) in [6, 6.07) is 0. The molecule has 1 heterocycles. The molecule has 0 amide bonds. The topological polar surface area (TPSA) is 109 Å². The van der Waals surface area contributed by atoms with Crippen LogP contribution in [0.1, 0.15) is 11.5 Å². The highest BCUT2D eigenvalue weighted by Gasteiger charge is 2.08. The number of oxazole rings is 1. The van der Waals surface area contributed by atoms with Crippen molar-refractivity contribution in [3.8, 4) is 0 Å². The first-order chi connectivity index (χ1) is 10.9. The van der Waals surface area contributed by atoms with Gasteiger partial charge in [0.1, 0.15) is 5.76 Å². The quantitative estimate of drug-likeness (QED) is 0.313. The van der Waals surface area contributed by atoms with Gasteiger partial charge in [0.25, 0.3) is 0 Å². The van der Waals surface area contributed by atoms with Crippen molar-refractivity contribution in [1.29, 1.82) is 0 Å². The van der Waals surface area contributed by atoms with Crippen molar-refractivity contribution in [2.45, 2.75) is 13.1 Å². The molecule has 8 nitrogen and oxygen atoms in total. The number of thiocarbonyl (C=S) groups is 2. The van der Waals surface area contributed by atoms with Crippen LogP contribution in [0, 0.1) is 0 Å². The smallest absolute Gasteiger partial charge is 0.181 e. The Morgan fingerprint density at radius 1 is 1.09 bits per heavy atom. The molecule has 10 heteroatoms. The van der Waals surface area contributed by atoms with Crippen molar-refractivity contribution in [1.82, 2.24) is 25.4 Å². The maximum atomic E-state index is 5.52. The maximum absolute atomic E-state index is 5.52. The van der Waals surface area contributed by atoms with E-state index in [1.165, 1.54) is 6.39 Å². The van der Waals surface area contributed by atoms with Crippen molar-refractivity contribution in [2.24, 2.45) is 11.5 Å². The lowest BCUT2D eigenvalue weighted by atomic mass is 10.3. The molecular formula is C13H25N7OS2. The molecule has 6 N–H and O–H groups in total. The van der Waals surface area contributed by atoms with Gasteiger partial charge < -0.3 is 36.3 Å². The molecule has 0 atom stereocenters. The van der Waals surface area contributed by atoms with Crippen LogP contribution in [0.5, 0.6) is 0 Å². The lowest BCUT2D eigenvalue weighted by Crippen LogP contribution is -2.37. The highest BCUT2D eigenvalue weighted by atomic mass is 32.1. The zero-order valence-electron chi connectivity index (χ0n) is 13.5. The molecule has 1 rings (SSSR count). The number of hydrogen-bond donors (Lipinski definition) is 4. The molecule has 0 radical (unpaired) electrons. The van der Waals surface area contributed by atoms with E-state index in [4.69, 9.17) is 40.3 Å². The number of nitrogens with one attached hydrogen (secondary N) is 2. The zero-order valence-corrected chi connectivity index (χ0v) is 15.2. The molecule has 130 valence electrons. The Labute approximate surface area is 147 Å². The summed E-state index contributed by atoms with van der Waals surface area (Å²) in [4.78, 5) is 7.85. The molecule has 0 bridgehead atoms. The van der Waals surface area contributed by atoms with Crippen LogP contribution in [0.4, 0.5) is 0 Å². The minimum Gasteiger partial charge on any atom is -0.447 e. The Morgan fingerprint density at radius 3 is 2.13 bits per heavy atom.